The lowest BCUT2D eigenvalue weighted by Gasteiger charge is -2.32. The summed E-state index contributed by atoms with van der Waals surface area (Å²) < 4.78 is 0. The SMILES string of the molecule is CN(C)C(=O)C1CCN(CCCCCO)CC1. The maximum Gasteiger partial charge on any atom is 0.225 e. The molecule has 1 aliphatic rings. The fourth-order valence-corrected chi connectivity index (χ4v) is 2.39. The van der Waals surface area contributed by atoms with Crippen LogP contribution in [-0.2, 0) is 4.79 Å². The number of hydrogen-bond donors (Lipinski definition) is 1. The van der Waals surface area contributed by atoms with Crippen LogP contribution < -0.4 is 0 Å². The van der Waals surface area contributed by atoms with Gasteiger partial charge in [0.15, 0.2) is 0 Å². The van der Waals surface area contributed by atoms with Crippen molar-refractivity contribution >= 4 is 5.91 Å². The van der Waals surface area contributed by atoms with Gasteiger partial charge in [0.25, 0.3) is 0 Å². The number of likely N-dealkylation sites (tertiary alicyclic amines) is 1. The normalized spacial score (nSPS) is 18.3. The first kappa shape index (κ1) is 14.5. The molecule has 0 radical (unpaired) electrons. The van der Waals surface area contributed by atoms with Crippen LogP contribution in [0.4, 0.5) is 0 Å². The number of rotatable bonds is 6. The van der Waals surface area contributed by atoms with Gasteiger partial charge in [0.1, 0.15) is 0 Å². The Morgan fingerprint density at radius 3 is 2.41 bits per heavy atom. The second-order valence-corrected chi connectivity index (χ2v) is 5.13. The largest absolute Gasteiger partial charge is 0.396 e. The maximum atomic E-state index is 11.8. The van der Waals surface area contributed by atoms with Crippen molar-refractivity contribution in [3.8, 4) is 0 Å². The molecule has 0 atom stereocenters. The summed E-state index contributed by atoms with van der Waals surface area (Å²) in [4.78, 5) is 15.9. The van der Waals surface area contributed by atoms with Gasteiger partial charge < -0.3 is 14.9 Å². The van der Waals surface area contributed by atoms with Crippen LogP contribution in [0, 0.1) is 5.92 Å². The van der Waals surface area contributed by atoms with Gasteiger partial charge in [-0.1, -0.05) is 0 Å². The molecule has 4 nitrogen and oxygen atoms in total. The summed E-state index contributed by atoms with van der Waals surface area (Å²) >= 11 is 0. The molecule has 100 valence electrons. The van der Waals surface area contributed by atoms with Crippen LogP contribution in [0.5, 0.6) is 0 Å². The molecule has 1 rings (SSSR count). The van der Waals surface area contributed by atoms with Gasteiger partial charge in [-0.2, -0.15) is 0 Å². The summed E-state index contributed by atoms with van der Waals surface area (Å²) in [5, 5.41) is 8.70. The van der Waals surface area contributed by atoms with Crippen molar-refractivity contribution in [2.45, 2.75) is 32.1 Å². The molecule has 1 fully saturated rings. The Hall–Kier alpha value is -0.610. The van der Waals surface area contributed by atoms with Gasteiger partial charge in [-0.15, -0.1) is 0 Å². The Kier molecular flexibility index (Phi) is 6.52. The molecule has 1 aliphatic heterocycles. The third-order valence-electron chi connectivity index (χ3n) is 3.51. The zero-order valence-corrected chi connectivity index (χ0v) is 11.2. The summed E-state index contributed by atoms with van der Waals surface area (Å²) in [6, 6.07) is 0. The molecule has 0 bridgehead atoms. The second-order valence-electron chi connectivity index (χ2n) is 5.13. The predicted molar refractivity (Wildman–Crippen MR) is 68.8 cm³/mol. The molecular formula is C13H26N2O2. The zero-order valence-electron chi connectivity index (χ0n) is 11.2. The van der Waals surface area contributed by atoms with Crippen LogP contribution in [0.2, 0.25) is 0 Å². The van der Waals surface area contributed by atoms with Gasteiger partial charge >= 0.3 is 0 Å². The zero-order chi connectivity index (χ0) is 12.7. The van der Waals surface area contributed by atoms with E-state index in [0.717, 1.165) is 51.7 Å². The van der Waals surface area contributed by atoms with E-state index in [-0.39, 0.29) is 11.8 Å². The molecule has 1 heterocycles. The highest BCUT2D eigenvalue weighted by Crippen LogP contribution is 2.19. The summed E-state index contributed by atoms with van der Waals surface area (Å²) in [6.07, 6.45) is 5.17. The van der Waals surface area contributed by atoms with Crippen molar-refractivity contribution in [3.63, 3.8) is 0 Å². The second kappa shape index (κ2) is 7.67. The minimum absolute atomic E-state index is 0.235. The van der Waals surface area contributed by atoms with Crippen molar-refractivity contribution in [3.05, 3.63) is 0 Å². The van der Waals surface area contributed by atoms with Crippen LogP contribution in [0.25, 0.3) is 0 Å². The molecule has 17 heavy (non-hydrogen) atoms. The van der Waals surface area contributed by atoms with E-state index >= 15 is 0 Å². The molecule has 0 saturated carbocycles. The molecule has 1 amide bonds. The van der Waals surface area contributed by atoms with E-state index in [0.29, 0.717) is 6.61 Å². The predicted octanol–water partition coefficient (Wildman–Crippen LogP) is 0.949. The standard InChI is InChI=1S/C13H26N2O2/c1-14(2)13(17)12-6-9-15(10-7-12)8-4-3-5-11-16/h12,16H,3-11H2,1-2H3. The Bertz CT molecular complexity index is 223. The molecule has 1 saturated heterocycles. The van der Waals surface area contributed by atoms with Crippen LogP contribution in [0.15, 0.2) is 0 Å². The first-order chi connectivity index (χ1) is 8.15. The molecule has 4 heteroatoms. The van der Waals surface area contributed by atoms with Crippen molar-refractivity contribution in [1.29, 1.82) is 0 Å². The Balaban J connectivity index is 2.15. The number of aliphatic hydroxyl groups is 1. The molecule has 0 aromatic carbocycles. The van der Waals surface area contributed by atoms with Gasteiger partial charge in [0, 0.05) is 26.6 Å². The molecular weight excluding hydrogens is 216 g/mol. The molecule has 0 spiro atoms. The Morgan fingerprint density at radius 2 is 1.88 bits per heavy atom. The quantitative estimate of drug-likeness (QED) is 0.705. The molecule has 1 N–H and O–H groups in total. The third-order valence-corrected chi connectivity index (χ3v) is 3.51. The van der Waals surface area contributed by atoms with E-state index in [2.05, 4.69) is 4.90 Å². The van der Waals surface area contributed by atoms with Crippen LogP contribution >= 0.6 is 0 Å². The third kappa shape index (κ3) is 5.04. The number of unbranched alkanes of at least 4 members (excludes halogenated alkanes) is 2. The number of carbonyl (C=O) groups excluding carboxylic acids is 1. The topological polar surface area (TPSA) is 43.8 Å². The Labute approximate surface area is 105 Å². The number of amides is 1. The van der Waals surface area contributed by atoms with E-state index in [1.165, 1.54) is 0 Å². The van der Waals surface area contributed by atoms with Gasteiger partial charge in [0.05, 0.1) is 0 Å². The minimum Gasteiger partial charge on any atom is -0.396 e. The molecule has 0 aliphatic carbocycles. The van der Waals surface area contributed by atoms with E-state index in [9.17, 15) is 4.79 Å². The van der Waals surface area contributed by atoms with Crippen LogP contribution in [0.1, 0.15) is 32.1 Å². The lowest BCUT2D eigenvalue weighted by Crippen LogP contribution is -2.40. The van der Waals surface area contributed by atoms with Crippen LogP contribution in [0.3, 0.4) is 0 Å². The minimum atomic E-state index is 0.235. The van der Waals surface area contributed by atoms with Gasteiger partial charge in [0.2, 0.25) is 5.91 Å². The lowest BCUT2D eigenvalue weighted by molar-refractivity contribution is -0.134. The van der Waals surface area contributed by atoms with Crippen molar-refractivity contribution in [2.75, 3.05) is 40.3 Å². The average molecular weight is 242 g/mol. The molecule has 0 aromatic rings. The first-order valence-corrected chi connectivity index (χ1v) is 6.69. The van der Waals surface area contributed by atoms with Gasteiger partial charge in [-0.25, -0.2) is 0 Å². The lowest BCUT2D eigenvalue weighted by atomic mass is 9.95. The van der Waals surface area contributed by atoms with Crippen molar-refractivity contribution < 1.29 is 9.90 Å². The monoisotopic (exact) mass is 242 g/mol. The van der Waals surface area contributed by atoms with E-state index in [1.54, 1.807) is 4.90 Å². The summed E-state index contributed by atoms with van der Waals surface area (Å²) in [5.41, 5.74) is 0. The smallest absolute Gasteiger partial charge is 0.225 e. The summed E-state index contributed by atoms with van der Waals surface area (Å²) in [6.45, 7) is 3.51. The van der Waals surface area contributed by atoms with Gasteiger partial charge in [-0.3, -0.25) is 4.79 Å². The maximum absolute atomic E-state index is 11.8. The number of hydrogen-bond acceptors (Lipinski definition) is 3. The number of nitrogens with zero attached hydrogens (tertiary/aromatic N) is 2. The number of piperidine rings is 1. The summed E-state index contributed by atoms with van der Waals surface area (Å²) in [7, 11) is 3.67. The van der Waals surface area contributed by atoms with Crippen LogP contribution in [-0.4, -0.2) is 61.2 Å². The average Bonchev–Trinajstić information content (AvgIpc) is 2.34. The first-order valence-electron chi connectivity index (χ1n) is 6.69. The fraction of sp³-hybridized carbons (Fsp3) is 0.923. The molecule has 0 aromatic heterocycles. The van der Waals surface area contributed by atoms with Gasteiger partial charge in [-0.05, 0) is 51.7 Å². The van der Waals surface area contributed by atoms with Crippen molar-refractivity contribution in [1.82, 2.24) is 9.80 Å². The number of carbonyl (C=O) groups is 1. The molecule has 0 unspecified atom stereocenters. The fourth-order valence-electron chi connectivity index (χ4n) is 2.39. The highest BCUT2D eigenvalue weighted by atomic mass is 16.2. The number of aliphatic hydroxyl groups excluding tert-OH is 1. The van der Waals surface area contributed by atoms with E-state index in [4.69, 9.17) is 5.11 Å². The highest BCUT2D eigenvalue weighted by Gasteiger charge is 2.25. The van der Waals surface area contributed by atoms with E-state index in [1.807, 2.05) is 14.1 Å². The Morgan fingerprint density at radius 1 is 1.24 bits per heavy atom. The van der Waals surface area contributed by atoms with Crippen molar-refractivity contribution in [2.24, 2.45) is 5.92 Å². The summed E-state index contributed by atoms with van der Waals surface area (Å²) in [5.74, 6) is 0.517. The van der Waals surface area contributed by atoms with E-state index < -0.39 is 0 Å². The highest BCUT2D eigenvalue weighted by molar-refractivity contribution is 5.78.